The van der Waals surface area contributed by atoms with Crippen LogP contribution in [0.15, 0.2) is 6.20 Å². The van der Waals surface area contributed by atoms with E-state index in [9.17, 15) is 4.39 Å². The standard InChI is InChI=1S/C13H19FN4/c1-2-15-13-16-7-10(14)12(18-13)17-11(8-3-4-8)9-5-6-9/h7-9,11H,2-6H2,1H3,(H2,15,16,17,18). The summed E-state index contributed by atoms with van der Waals surface area (Å²) in [5.74, 6) is 1.92. The predicted molar refractivity (Wildman–Crippen MR) is 69.0 cm³/mol. The van der Waals surface area contributed by atoms with Crippen LogP contribution in [0.5, 0.6) is 0 Å². The van der Waals surface area contributed by atoms with Crippen LogP contribution in [0, 0.1) is 17.7 Å². The molecule has 0 amide bonds. The molecule has 3 rings (SSSR count). The lowest BCUT2D eigenvalue weighted by Crippen LogP contribution is -2.25. The van der Waals surface area contributed by atoms with E-state index in [1.165, 1.54) is 31.9 Å². The van der Waals surface area contributed by atoms with Gasteiger partial charge in [-0.1, -0.05) is 0 Å². The Bertz CT molecular complexity index is 417. The van der Waals surface area contributed by atoms with Crippen LogP contribution in [-0.4, -0.2) is 22.6 Å². The largest absolute Gasteiger partial charge is 0.364 e. The molecular formula is C13H19FN4. The van der Waals surface area contributed by atoms with Gasteiger partial charge in [-0.3, -0.25) is 0 Å². The van der Waals surface area contributed by atoms with Crippen molar-refractivity contribution in [3.63, 3.8) is 0 Å². The summed E-state index contributed by atoms with van der Waals surface area (Å²) in [6.45, 7) is 2.71. The summed E-state index contributed by atoms with van der Waals surface area (Å²) < 4.78 is 13.7. The van der Waals surface area contributed by atoms with Crippen LogP contribution >= 0.6 is 0 Å². The highest BCUT2D eigenvalue weighted by Crippen LogP contribution is 2.45. The summed E-state index contributed by atoms with van der Waals surface area (Å²) in [6, 6.07) is 0.406. The van der Waals surface area contributed by atoms with Crippen LogP contribution < -0.4 is 10.6 Å². The molecule has 18 heavy (non-hydrogen) atoms. The number of rotatable bonds is 6. The van der Waals surface area contributed by atoms with E-state index in [0.29, 0.717) is 17.8 Å². The van der Waals surface area contributed by atoms with Gasteiger partial charge >= 0.3 is 0 Å². The molecule has 0 aromatic carbocycles. The summed E-state index contributed by atoms with van der Waals surface area (Å²) in [7, 11) is 0. The zero-order chi connectivity index (χ0) is 12.5. The molecular weight excluding hydrogens is 231 g/mol. The molecule has 0 spiro atoms. The van der Waals surface area contributed by atoms with Gasteiger partial charge < -0.3 is 10.6 Å². The molecule has 0 radical (unpaired) electrons. The molecule has 0 unspecified atom stereocenters. The summed E-state index contributed by atoms with van der Waals surface area (Å²) in [4.78, 5) is 8.13. The fourth-order valence-corrected chi connectivity index (χ4v) is 2.40. The van der Waals surface area contributed by atoms with E-state index in [2.05, 4.69) is 20.6 Å². The fraction of sp³-hybridized carbons (Fsp3) is 0.692. The van der Waals surface area contributed by atoms with Crippen LogP contribution in [0.3, 0.4) is 0 Å². The second-order valence-electron chi connectivity index (χ2n) is 5.27. The summed E-state index contributed by atoms with van der Waals surface area (Å²) in [5, 5.41) is 6.31. The van der Waals surface area contributed by atoms with Crippen molar-refractivity contribution >= 4 is 11.8 Å². The topological polar surface area (TPSA) is 49.8 Å². The second-order valence-corrected chi connectivity index (χ2v) is 5.27. The fourth-order valence-electron chi connectivity index (χ4n) is 2.40. The summed E-state index contributed by atoms with van der Waals surface area (Å²) in [5.41, 5.74) is 0. The van der Waals surface area contributed by atoms with Gasteiger partial charge in [0, 0.05) is 12.6 Å². The Balaban J connectivity index is 1.75. The highest BCUT2D eigenvalue weighted by Gasteiger charge is 2.41. The highest BCUT2D eigenvalue weighted by molar-refractivity contribution is 5.42. The first kappa shape index (κ1) is 11.7. The first-order chi connectivity index (χ1) is 8.78. The first-order valence-corrected chi connectivity index (χ1v) is 6.81. The van der Waals surface area contributed by atoms with Crippen molar-refractivity contribution in [3.05, 3.63) is 12.0 Å². The maximum atomic E-state index is 13.7. The van der Waals surface area contributed by atoms with Crippen molar-refractivity contribution in [3.8, 4) is 0 Å². The quantitative estimate of drug-likeness (QED) is 0.815. The van der Waals surface area contributed by atoms with Crippen molar-refractivity contribution in [2.45, 2.75) is 38.6 Å². The van der Waals surface area contributed by atoms with E-state index in [1.54, 1.807) is 0 Å². The van der Waals surface area contributed by atoms with Gasteiger partial charge in [0.25, 0.3) is 0 Å². The van der Waals surface area contributed by atoms with Gasteiger partial charge in [0.05, 0.1) is 6.20 Å². The minimum Gasteiger partial charge on any atom is -0.364 e. The van der Waals surface area contributed by atoms with Crippen LogP contribution in [0.4, 0.5) is 16.2 Å². The molecule has 0 atom stereocenters. The molecule has 98 valence electrons. The van der Waals surface area contributed by atoms with Gasteiger partial charge in [0.2, 0.25) is 5.95 Å². The van der Waals surface area contributed by atoms with Gasteiger partial charge in [0.1, 0.15) is 0 Å². The van der Waals surface area contributed by atoms with Crippen LogP contribution in [-0.2, 0) is 0 Å². The highest BCUT2D eigenvalue weighted by atomic mass is 19.1. The maximum absolute atomic E-state index is 13.7. The van der Waals surface area contributed by atoms with E-state index in [0.717, 1.165) is 18.4 Å². The minimum atomic E-state index is -0.358. The maximum Gasteiger partial charge on any atom is 0.224 e. The zero-order valence-corrected chi connectivity index (χ0v) is 10.6. The number of hydrogen-bond donors (Lipinski definition) is 2. The van der Waals surface area contributed by atoms with Crippen LogP contribution in [0.25, 0.3) is 0 Å². The Morgan fingerprint density at radius 2 is 2.00 bits per heavy atom. The van der Waals surface area contributed by atoms with Crippen molar-refractivity contribution in [2.24, 2.45) is 11.8 Å². The molecule has 2 N–H and O–H groups in total. The SMILES string of the molecule is CCNc1ncc(F)c(NC(C2CC2)C2CC2)n1. The lowest BCUT2D eigenvalue weighted by molar-refractivity contribution is 0.552. The summed E-state index contributed by atoms with van der Waals surface area (Å²) in [6.07, 6.45) is 6.30. The van der Waals surface area contributed by atoms with Crippen molar-refractivity contribution in [1.82, 2.24) is 9.97 Å². The van der Waals surface area contributed by atoms with E-state index < -0.39 is 0 Å². The van der Waals surface area contributed by atoms with Gasteiger partial charge in [-0.15, -0.1) is 0 Å². The normalized spacial score (nSPS) is 19.1. The van der Waals surface area contributed by atoms with Crippen LogP contribution in [0.2, 0.25) is 0 Å². The molecule has 1 aromatic heterocycles. The molecule has 0 aliphatic heterocycles. The van der Waals surface area contributed by atoms with Crippen molar-refractivity contribution < 1.29 is 4.39 Å². The Hall–Kier alpha value is -1.39. The average molecular weight is 250 g/mol. The van der Waals surface area contributed by atoms with E-state index >= 15 is 0 Å². The van der Waals surface area contributed by atoms with Crippen molar-refractivity contribution in [2.75, 3.05) is 17.2 Å². The van der Waals surface area contributed by atoms with Crippen LogP contribution in [0.1, 0.15) is 32.6 Å². The molecule has 2 saturated carbocycles. The predicted octanol–water partition coefficient (Wildman–Crippen LogP) is 2.65. The Kier molecular flexibility index (Phi) is 3.06. The van der Waals surface area contributed by atoms with Gasteiger partial charge in [-0.05, 0) is 44.4 Å². The molecule has 0 bridgehead atoms. The third-order valence-corrected chi connectivity index (χ3v) is 3.64. The molecule has 5 heteroatoms. The Morgan fingerprint density at radius 1 is 1.33 bits per heavy atom. The number of anilines is 2. The number of nitrogens with zero attached hydrogens (tertiary/aromatic N) is 2. The van der Waals surface area contributed by atoms with Gasteiger partial charge in [-0.25, -0.2) is 9.37 Å². The Labute approximate surface area is 106 Å². The number of nitrogens with one attached hydrogen (secondary N) is 2. The molecule has 0 saturated heterocycles. The second kappa shape index (κ2) is 4.71. The molecule has 4 nitrogen and oxygen atoms in total. The van der Waals surface area contributed by atoms with Gasteiger partial charge in [0.15, 0.2) is 11.6 Å². The third kappa shape index (κ3) is 2.54. The Morgan fingerprint density at radius 3 is 2.56 bits per heavy atom. The van der Waals surface area contributed by atoms with Crippen molar-refractivity contribution in [1.29, 1.82) is 0 Å². The monoisotopic (exact) mass is 250 g/mol. The molecule has 2 aliphatic carbocycles. The van der Waals surface area contributed by atoms with E-state index in [-0.39, 0.29) is 5.82 Å². The lowest BCUT2D eigenvalue weighted by Gasteiger charge is -2.18. The third-order valence-electron chi connectivity index (χ3n) is 3.64. The minimum absolute atomic E-state index is 0.352. The molecule has 2 fully saturated rings. The van der Waals surface area contributed by atoms with E-state index in [4.69, 9.17) is 0 Å². The first-order valence-electron chi connectivity index (χ1n) is 6.81. The smallest absolute Gasteiger partial charge is 0.224 e. The molecule has 1 heterocycles. The lowest BCUT2D eigenvalue weighted by atomic mass is 10.1. The molecule has 2 aliphatic rings. The number of hydrogen-bond acceptors (Lipinski definition) is 4. The zero-order valence-electron chi connectivity index (χ0n) is 10.6. The number of halogens is 1. The average Bonchev–Trinajstić information content (AvgIpc) is 3.23. The summed E-state index contributed by atoms with van der Waals surface area (Å²) >= 11 is 0. The number of aromatic nitrogens is 2. The molecule has 1 aromatic rings. The van der Waals surface area contributed by atoms with E-state index in [1.807, 2.05) is 6.92 Å². The van der Waals surface area contributed by atoms with Gasteiger partial charge in [-0.2, -0.15) is 4.98 Å².